The first kappa shape index (κ1) is 12.2. The van der Waals surface area contributed by atoms with Gasteiger partial charge < -0.3 is 10.5 Å². The van der Waals surface area contributed by atoms with Crippen LogP contribution in [0.3, 0.4) is 0 Å². The van der Waals surface area contributed by atoms with Crippen LogP contribution in [0.15, 0.2) is 24.3 Å². The van der Waals surface area contributed by atoms with E-state index in [4.69, 9.17) is 5.73 Å². The van der Waals surface area contributed by atoms with Crippen LogP contribution in [0.1, 0.15) is 12.5 Å². The van der Waals surface area contributed by atoms with E-state index in [1.807, 2.05) is 0 Å². The van der Waals surface area contributed by atoms with Gasteiger partial charge in [-0.05, 0) is 31.0 Å². The van der Waals surface area contributed by atoms with Crippen LogP contribution in [0.2, 0.25) is 0 Å². The summed E-state index contributed by atoms with van der Waals surface area (Å²) in [6, 6.07) is 7.08. The van der Waals surface area contributed by atoms with Crippen LogP contribution in [0, 0.1) is 5.92 Å². The number of Topliss-reactive ketones (excluding diaryl/α,β-unsaturated/α-hetero) is 1. The van der Waals surface area contributed by atoms with Crippen molar-refractivity contribution in [1.82, 2.24) is 0 Å². The van der Waals surface area contributed by atoms with Crippen LogP contribution in [-0.2, 0) is 20.7 Å². The van der Waals surface area contributed by atoms with E-state index >= 15 is 0 Å². The molecule has 0 spiro atoms. The van der Waals surface area contributed by atoms with Crippen LogP contribution < -0.4 is 5.73 Å². The molecule has 0 bridgehead atoms. The first-order valence-electron chi connectivity index (χ1n) is 4.97. The Balaban J connectivity index is 2.80. The summed E-state index contributed by atoms with van der Waals surface area (Å²) in [7, 11) is 1.28. The Hall–Kier alpha value is -1.84. The number of benzene rings is 1. The summed E-state index contributed by atoms with van der Waals surface area (Å²) in [6.07, 6.45) is 0.349. The lowest BCUT2D eigenvalue weighted by Crippen LogP contribution is -2.25. The molecule has 86 valence electrons. The fourth-order valence-electron chi connectivity index (χ4n) is 1.42. The highest BCUT2D eigenvalue weighted by atomic mass is 16.5. The maximum absolute atomic E-state index is 11.4. The summed E-state index contributed by atoms with van der Waals surface area (Å²) < 4.78 is 4.59. The molecular formula is C12H15NO3. The number of methoxy groups -OCH3 is 1. The van der Waals surface area contributed by atoms with Crippen LogP contribution in [-0.4, -0.2) is 18.9 Å². The molecule has 4 nitrogen and oxygen atoms in total. The van der Waals surface area contributed by atoms with Crippen LogP contribution in [0.25, 0.3) is 0 Å². The molecule has 0 fully saturated rings. The normalized spacial score (nSPS) is 11.9. The molecule has 1 aromatic carbocycles. The zero-order valence-corrected chi connectivity index (χ0v) is 9.40. The van der Waals surface area contributed by atoms with Gasteiger partial charge >= 0.3 is 5.97 Å². The Morgan fingerprint density at radius 2 is 1.88 bits per heavy atom. The first-order valence-corrected chi connectivity index (χ1v) is 4.97. The molecule has 4 heteroatoms. The van der Waals surface area contributed by atoms with Gasteiger partial charge in [-0.15, -0.1) is 0 Å². The Kier molecular flexibility index (Phi) is 4.05. The van der Waals surface area contributed by atoms with Crippen molar-refractivity contribution in [2.24, 2.45) is 5.92 Å². The van der Waals surface area contributed by atoms with E-state index in [2.05, 4.69) is 4.74 Å². The van der Waals surface area contributed by atoms with Crippen molar-refractivity contribution in [3.05, 3.63) is 29.8 Å². The lowest BCUT2D eigenvalue weighted by atomic mass is 9.96. The lowest BCUT2D eigenvalue weighted by Gasteiger charge is -2.11. The summed E-state index contributed by atoms with van der Waals surface area (Å²) in [5.41, 5.74) is 7.09. The molecule has 16 heavy (non-hydrogen) atoms. The molecule has 0 aliphatic carbocycles. The van der Waals surface area contributed by atoms with Gasteiger partial charge in [-0.1, -0.05) is 12.1 Å². The predicted octanol–water partition coefficient (Wildman–Crippen LogP) is 1.19. The molecule has 0 amide bonds. The number of esters is 1. The fraction of sp³-hybridized carbons (Fsp3) is 0.333. The Labute approximate surface area is 94.4 Å². The third-order valence-corrected chi connectivity index (χ3v) is 2.40. The second-order valence-corrected chi connectivity index (χ2v) is 3.63. The van der Waals surface area contributed by atoms with Crippen molar-refractivity contribution >= 4 is 17.4 Å². The molecular weight excluding hydrogens is 206 g/mol. The Morgan fingerprint density at radius 1 is 1.31 bits per heavy atom. The minimum atomic E-state index is -0.728. The maximum Gasteiger partial charge on any atom is 0.316 e. The summed E-state index contributed by atoms with van der Waals surface area (Å²) in [4.78, 5) is 22.6. The third-order valence-electron chi connectivity index (χ3n) is 2.40. The highest BCUT2D eigenvalue weighted by molar-refractivity contribution is 5.97. The quantitative estimate of drug-likeness (QED) is 0.471. The average molecular weight is 221 g/mol. The second-order valence-electron chi connectivity index (χ2n) is 3.63. The van der Waals surface area contributed by atoms with Crippen molar-refractivity contribution in [3.63, 3.8) is 0 Å². The number of nitrogen functional groups attached to an aromatic ring is 1. The molecule has 1 atom stereocenters. The Bertz CT molecular complexity index is 384. The first-order chi connectivity index (χ1) is 7.54. The number of carbonyl (C=O) groups is 2. The molecule has 0 radical (unpaired) electrons. The Morgan fingerprint density at radius 3 is 2.31 bits per heavy atom. The zero-order valence-electron chi connectivity index (χ0n) is 9.40. The molecule has 2 N–H and O–H groups in total. The van der Waals surface area contributed by atoms with E-state index in [-0.39, 0.29) is 5.78 Å². The maximum atomic E-state index is 11.4. The van der Waals surface area contributed by atoms with Gasteiger partial charge in [0.05, 0.1) is 7.11 Å². The average Bonchev–Trinajstić information content (AvgIpc) is 2.27. The van der Waals surface area contributed by atoms with Gasteiger partial charge in [0.25, 0.3) is 0 Å². The molecule has 0 aromatic heterocycles. The van der Waals surface area contributed by atoms with Gasteiger partial charge in [0.2, 0.25) is 0 Å². The second kappa shape index (κ2) is 5.30. The fourth-order valence-corrected chi connectivity index (χ4v) is 1.42. The van der Waals surface area contributed by atoms with E-state index < -0.39 is 11.9 Å². The van der Waals surface area contributed by atoms with Gasteiger partial charge in [0.15, 0.2) is 0 Å². The number of carbonyl (C=O) groups excluding carboxylic acids is 2. The molecule has 0 saturated heterocycles. The predicted molar refractivity (Wildman–Crippen MR) is 60.7 cm³/mol. The standard InChI is InChI=1S/C12H15NO3/c1-8(14)11(12(15)16-2)7-9-3-5-10(13)6-4-9/h3-6,11H,7,13H2,1-2H3. The van der Waals surface area contributed by atoms with Crippen LogP contribution in [0.5, 0.6) is 0 Å². The smallest absolute Gasteiger partial charge is 0.316 e. The van der Waals surface area contributed by atoms with E-state index in [9.17, 15) is 9.59 Å². The van der Waals surface area contributed by atoms with Gasteiger partial charge in [-0.2, -0.15) is 0 Å². The molecule has 1 unspecified atom stereocenters. The minimum absolute atomic E-state index is 0.191. The third kappa shape index (κ3) is 3.08. The van der Waals surface area contributed by atoms with E-state index in [1.165, 1.54) is 14.0 Å². The SMILES string of the molecule is COC(=O)C(Cc1ccc(N)cc1)C(C)=O. The lowest BCUT2D eigenvalue weighted by molar-refractivity contribution is -0.148. The number of hydrogen-bond donors (Lipinski definition) is 1. The van der Waals surface area contributed by atoms with Crippen molar-refractivity contribution in [1.29, 1.82) is 0 Å². The molecule has 0 heterocycles. The van der Waals surface area contributed by atoms with Crippen molar-refractivity contribution < 1.29 is 14.3 Å². The molecule has 0 aliphatic heterocycles. The number of nitrogens with two attached hydrogens (primary N) is 1. The van der Waals surface area contributed by atoms with Gasteiger partial charge in [-0.3, -0.25) is 9.59 Å². The van der Waals surface area contributed by atoms with Crippen molar-refractivity contribution in [2.75, 3.05) is 12.8 Å². The molecule has 1 rings (SSSR count). The highest BCUT2D eigenvalue weighted by Crippen LogP contribution is 2.13. The topological polar surface area (TPSA) is 69.4 Å². The minimum Gasteiger partial charge on any atom is -0.468 e. The van der Waals surface area contributed by atoms with E-state index in [0.29, 0.717) is 12.1 Å². The number of anilines is 1. The highest BCUT2D eigenvalue weighted by Gasteiger charge is 2.24. The summed E-state index contributed by atoms with van der Waals surface area (Å²) >= 11 is 0. The van der Waals surface area contributed by atoms with Crippen molar-refractivity contribution in [3.8, 4) is 0 Å². The van der Waals surface area contributed by atoms with Gasteiger partial charge in [0, 0.05) is 5.69 Å². The monoisotopic (exact) mass is 221 g/mol. The van der Waals surface area contributed by atoms with Crippen LogP contribution in [0.4, 0.5) is 5.69 Å². The van der Waals surface area contributed by atoms with Crippen molar-refractivity contribution in [2.45, 2.75) is 13.3 Å². The van der Waals surface area contributed by atoms with E-state index in [0.717, 1.165) is 5.56 Å². The molecule has 1 aromatic rings. The summed E-state index contributed by atoms with van der Waals surface area (Å²) in [5, 5.41) is 0. The number of ether oxygens (including phenoxy) is 1. The molecule has 0 aliphatic rings. The van der Waals surface area contributed by atoms with E-state index in [1.54, 1.807) is 24.3 Å². The number of rotatable bonds is 4. The number of hydrogen-bond acceptors (Lipinski definition) is 4. The summed E-state index contributed by atoms with van der Waals surface area (Å²) in [6.45, 7) is 1.39. The van der Waals surface area contributed by atoms with Gasteiger partial charge in [0.1, 0.15) is 11.7 Å². The largest absolute Gasteiger partial charge is 0.468 e. The molecule has 0 saturated carbocycles. The number of ketones is 1. The zero-order chi connectivity index (χ0) is 12.1. The van der Waals surface area contributed by atoms with Crippen LogP contribution >= 0.6 is 0 Å². The van der Waals surface area contributed by atoms with Gasteiger partial charge in [-0.25, -0.2) is 0 Å². The summed E-state index contributed by atoms with van der Waals surface area (Å²) in [5.74, 6) is -1.42.